The summed E-state index contributed by atoms with van der Waals surface area (Å²) in [6, 6.07) is 3.85. The Bertz CT molecular complexity index is 439. The van der Waals surface area contributed by atoms with Crippen molar-refractivity contribution in [1.82, 2.24) is 15.0 Å². The van der Waals surface area contributed by atoms with Crippen LogP contribution in [0.4, 0.5) is 5.82 Å². The van der Waals surface area contributed by atoms with Crippen LogP contribution in [0.15, 0.2) is 24.7 Å². The zero-order chi connectivity index (χ0) is 10.7. The van der Waals surface area contributed by atoms with Gasteiger partial charge in [-0.05, 0) is 12.1 Å². The van der Waals surface area contributed by atoms with Gasteiger partial charge >= 0.3 is 0 Å². The molecule has 5 nitrogen and oxygen atoms in total. The van der Waals surface area contributed by atoms with E-state index < -0.39 is 0 Å². The van der Waals surface area contributed by atoms with Gasteiger partial charge in [-0.15, -0.1) is 0 Å². The van der Waals surface area contributed by atoms with Gasteiger partial charge in [0.2, 0.25) is 0 Å². The van der Waals surface area contributed by atoms with Gasteiger partial charge in [-0.25, -0.2) is 9.97 Å². The van der Waals surface area contributed by atoms with Gasteiger partial charge in [-0.1, -0.05) is 0 Å². The van der Waals surface area contributed by atoms with Gasteiger partial charge < -0.3 is 15.0 Å². The molecule has 5 heteroatoms. The van der Waals surface area contributed by atoms with E-state index in [1.54, 1.807) is 14.2 Å². The summed E-state index contributed by atoms with van der Waals surface area (Å²) in [6.07, 6.45) is 3.35. The lowest BCUT2D eigenvalue weighted by Gasteiger charge is -2.09. The van der Waals surface area contributed by atoms with Crippen molar-refractivity contribution in [2.24, 2.45) is 0 Å². The highest BCUT2D eigenvalue weighted by Crippen LogP contribution is 2.31. The zero-order valence-electron chi connectivity index (χ0n) is 8.61. The molecule has 2 N–H and O–H groups in total. The third-order valence-electron chi connectivity index (χ3n) is 2.10. The summed E-state index contributed by atoms with van der Waals surface area (Å²) < 4.78 is 5.28. The molecule has 0 aliphatic carbocycles. The molecule has 0 aliphatic heterocycles. The number of aromatic nitrogens is 3. The molecule has 2 rings (SSSR count). The number of anilines is 1. The smallest absolute Gasteiger partial charge is 0.189 e. The first-order valence-electron chi connectivity index (χ1n) is 4.57. The second kappa shape index (κ2) is 4.00. The van der Waals surface area contributed by atoms with E-state index in [0.717, 1.165) is 11.4 Å². The normalized spacial score (nSPS) is 10.0. The minimum Gasteiger partial charge on any atom is -0.491 e. The molecule has 0 spiro atoms. The van der Waals surface area contributed by atoms with E-state index in [1.165, 1.54) is 6.33 Å². The Morgan fingerprint density at radius 1 is 1.40 bits per heavy atom. The van der Waals surface area contributed by atoms with Gasteiger partial charge in [-0.3, -0.25) is 0 Å². The Kier molecular flexibility index (Phi) is 2.53. The third kappa shape index (κ3) is 1.63. The summed E-state index contributed by atoms with van der Waals surface area (Å²) in [4.78, 5) is 11.4. The van der Waals surface area contributed by atoms with Crippen LogP contribution in [0.2, 0.25) is 0 Å². The average molecular weight is 204 g/mol. The lowest BCUT2D eigenvalue weighted by Crippen LogP contribution is -2.00. The standard InChI is InChI=1S/C10H12N4O/c1-11-10-9(15-2)8(13-6-14-10)7-4-3-5-12-7/h3-6,12H,1-2H3,(H,11,13,14). The lowest BCUT2D eigenvalue weighted by atomic mass is 10.2. The van der Waals surface area contributed by atoms with Gasteiger partial charge in [0.25, 0.3) is 0 Å². The SMILES string of the molecule is CNc1ncnc(-c2ccc[nH]2)c1OC. The number of nitrogens with one attached hydrogen (secondary N) is 2. The van der Waals surface area contributed by atoms with E-state index >= 15 is 0 Å². The van der Waals surface area contributed by atoms with Crippen molar-refractivity contribution in [2.75, 3.05) is 19.5 Å². The molecule has 78 valence electrons. The van der Waals surface area contributed by atoms with Crippen molar-refractivity contribution in [3.05, 3.63) is 24.7 Å². The predicted octanol–water partition coefficient (Wildman–Crippen LogP) is 1.52. The molecule has 2 heterocycles. The Hall–Kier alpha value is -2.04. The van der Waals surface area contributed by atoms with Crippen molar-refractivity contribution >= 4 is 5.82 Å². The Morgan fingerprint density at radius 3 is 2.87 bits per heavy atom. The van der Waals surface area contributed by atoms with E-state index in [4.69, 9.17) is 4.74 Å². The van der Waals surface area contributed by atoms with Crippen LogP contribution in [0, 0.1) is 0 Å². The highest BCUT2D eigenvalue weighted by Gasteiger charge is 2.12. The van der Waals surface area contributed by atoms with Crippen molar-refractivity contribution in [3.63, 3.8) is 0 Å². The topological polar surface area (TPSA) is 62.8 Å². The van der Waals surface area contributed by atoms with Crippen LogP contribution in [0.25, 0.3) is 11.4 Å². The maximum absolute atomic E-state index is 5.28. The van der Waals surface area contributed by atoms with Crippen LogP contribution in [0.1, 0.15) is 0 Å². The number of H-pyrrole nitrogens is 1. The maximum atomic E-state index is 5.28. The van der Waals surface area contributed by atoms with Crippen LogP contribution in [-0.2, 0) is 0 Å². The monoisotopic (exact) mass is 204 g/mol. The fraction of sp³-hybridized carbons (Fsp3) is 0.200. The Balaban J connectivity index is 2.56. The minimum absolute atomic E-state index is 0.641. The molecule has 0 atom stereocenters. The molecular formula is C10H12N4O. The molecule has 0 aromatic carbocycles. The van der Waals surface area contributed by atoms with Crippen LogP contribution >= 0.6 is 0 Å². The Labute approximate surface area is 87.5 Å². The van der Waals surface area contributed by atoms with E-state index in [2.05, 4.69) is 20.3 Å². The van der Waals surface area contributed by atoms with Crippen LogP contribution < -0.4 is 10.1 Å². The summed E-state index contributed by atoms with van der Waals surface area (Å²) in [5.74, 6) is 1.32. The highest BCUT2D eigenvalue weighted by atomic mass is 16.5. The van der Waals surface area contributed by atoms with Crippen molar-refractivity contribution in [3.8, 4) is 17.1 Å². The third-order valence-corrected chi connectivity index (χ3v) is 2.10. The summed E-state index contributed by atoms with van der Waals surface area (Å²) in [6.45, 7) is 0. The van der Waals surface area contributed by atoms with Gasteiger partial charge in [0, 0.05) is 13.2 Å². The molecule has 0 saturated carbocycles. The average Bonchev–Trinajstić information content (AvgIpc) is 2.81. The predicted molar refractivity (Wildman–Crippen MR) is 57.9 cm³/mol. The molecule has 2 aromatic rings. The molecule has 0 radical (unpaired) electrons. The first-order chi connectivity index (χ1) is 7.36. The number of rotatable bonds is 3. The summed E-state index contributed by atoms with van der Waals surface area (Å²) in [7, 11) is 3.40. The largest absolute Gasteiger partial charge is 0.491 e. The van der Waals surface area contributed by atoms with Crippen LogP contribution in [0.5, 0.6) is 5.75 Å². The number of hydrogen-bond donors (Lipinski definition) is 2. The number of ether oxygens (including phenoxy) is 1. The second-order valence-corrected chi connectivity index (χ2v) is 2.94. The van der Waals surface area contributed by atoms with Crippen molar-refractivity contribution in [1.29, 1.82) is 0 Å². The first kappa shape index (κ1) is 9.51. The van der Waals surface area contributed by atoms with Gasteiger partial charge in [-0.2, -0.15) is 0 Å². The van der Waals surface area contributed by atoms with E-state index in [-0.39, 0.29) is 0 Å². The first-order valence-corrected chi connectivity index (χ1v) is 4.57. The minimum atomic E-state index is 0.641. The van der Waals surface area contributed by atoms with Crippen LogP contribution in [0.3, 0.4) is 0 Å². The van der Waals surface area contributed by atoms with E-state index in [9.17, 15) is 0 Å². The summed E-state index contributed by atoms with van der Waals surface area (Å²) in [5, 5.41) is 2.96. The number of aromatic amines is 1. The maximum Gasteiger partial charge on any atom is 0.189 e. The fourth-order valence-corrected chi connectivity index (χ4v) is 1.41. The molecule has 15 heavy (non-hydrogen) atoms. The Morgan fingerprint density at radius 2 is 2.27 bits per heavy atom. The number of hydrogen-bond acceptors (Lipinski definition) is 4. The summed E-state index contributed by atoms with van der Waals surface area (Å²) in [5.41, 5.74) is 1.66. The van der Waals surface area contributed by atoms with Crippen LogP contribution in [-0.4, -0.2) is 29.1 Å². The quantitative estimate of drug-likeness (QED) is 0.795. The molecule has 0 unspecified atom stereocenters. The second-order valence-electron chi connectivity index (χ2n) is 2.94. The van der Waals surface area contributed by atoms with E-state index in [0.29, 0.717) is 11.6 Å². The number of methoxy groups -OCH3 is 1. The highest BCUT2D eigenvalue weighted by molar-refractivity contribution is 5.69. The lowest BCUT2D eigenvalue weighted by molar-refractivity contribution is 0.414. The van der Waals surface area contributed by atoms with Crippen molar-refractivity contribution < 1.29 is 4.74 Å². The molecule has 0 saturated heterocycles. The fourth-order valence-electron chi connectivity index (χ4n) is 1.41. The molecule has 0 amide bonds. The van der Waals surface area contributed by atoms with Gasteiger partial charge in [0.1, 0.15) is 12.0 Å². The summed E-state index contributed by atoms with van der Waals surface area (Å²) >= 11 is 0. The molecule has 0 aliphatic rings. The number of nitrogens with zero attached hydrogens (tertiary/aromatic N) is 2. The zero-order valence-corrected chi connectivity index (χ0v) is 8.61. The van der Waals surface area contributed by atoms with Gasteiger partial charge in [0.05, 0.1) is 12.8 Å². The molecule has 2 aromatic heterocycles. The molecule has 0 fully saturated rings. The van der Waals surface area contributed by atoms with Crippen molar-refractivity contribution in [2.45, 2.75) is 0 Å². The molecule has 0 bridgehead atoms. The van der Waals surface area contributed by atoms with E-state index in [1.807, 2.05) is 18.3 Å². The molecular weight excluding hydrogens is 192 g/mol. The van der Waals surface area contributed by atoms with Gasteiger partial charge in [0.15, 0.2) is 11.6 Å².